The van der Waals surface area contributed by atoms with E-state index in [-0.39, 0.29) is 11.5 Å². The predicted octanol–water partition coefficient (Wildman–Crippen LogP) is 3.19. The first-order valence-corrected chi connectivity index (χ1v) is 7.09. The van der Waals surface area contributed by atoms with Gasteiger partial charge in [-0.05, 0) is 37.6 Å². The highest BCUT2D eigenvalue weighted by atomic mass is 79.9. The molecule has 0 saturated carbocycles. The summed E-state index contributed by atoms with van der Waals surface area (Å²) < 4.78 is 2.44. The third-order valence-corrected chi connectivity index (χ3v) is 3.95. The van der Waals surface area contributed by atoms with E-state index < -0.39 is 0 Å². The first-order chi connectivity index (χ1) is 9.52. The van der Waals surface area contributed by atoms with Crippen molar-refractivity contribution in [1.29, 1.82) is 0 Å². The summed E-state index contributed by atoms with van der Waals surface area (Å²) in [5, 5.41) is 2.81. The average Bonchev–Trinajstić information content (AvgIpc) is 2.43. The second kappa shape index (κ2) is 6.05. The quantitative estimate of drug-likeness (QED) is 0.937. The minimum absolute atomic E-state index is 0.0795. The Hall–Kier alpha value is -1.88. The van der Waals surface area contributed by atoms with Crippen molar-refractivity contribution in [1.82, 2.24) is 4.57 Å². The number of rotatable bonds is 3. The van der Waals surface area contributed by atoms with Crippen LogP contribution in [0.25, 0.3) is 0 Å². The minimum Gasteiger partial charge on any atom is -0.321 e. The number of carbonyl (C=O) groups excluding carboxylic acids is 1. The summed E-state index contributed by atoms with van der Waals surface area (Å²) in [6, 6.07) is 8.54. The molecule has 0 fully saturated rings. The fourth-order valence-electron chi connectivity index (χ4n) is 1.90. The smallest absolute Gasteiger partial charge is 0.256 e. The molecule has 0 unspecified atom stereocenters. The van der Waals surface area contributed by atoms with Crippen LogP contribution < -0.4 is 10.9 Å². The highest BCUT2D eigenvalue weighted by molar-refractivity contribution is 9.10. The van der Waals surface area contributed by atoms with Gasteiger partial charge in [0.05, 0.1) is 5.69 Å². The molecule has 0 aliphatic rings. The van der Waals surface area contributed by atoms with E-state index in [1.807, 2.05) is 26.0 Å². The molecule has 0 aliphatic heterocycles. The summed E-state index contributed by atoms with van der Waals surface area (Å²) in [5.41, 5.74) is 2.02. The monoisotopic (exact) mass is 334 g/mol. The van der Waals surface area contributed by atoms with Gasteiger partial charge in [0.1, 0.15) is 0 Å². The van der Waals surface area contributed by atoms with Crippen LogP contribution in [-0.2, 0) is 6.54 Å². The van der Waals surface area contributed by atoms with Crippen molar-refractivity contribution in [2.45, 2.75) is 20.4 Å². The molecule has 1 aromatic heterocycles. The van der Waals surface area contributed by atoms with E-state index >= 15 is 0 Å². The fraction of sp³-hybridized carbons (Fsp3) is 0.200. The van der Waals surface area contributed by atoms with Crippen LogP contribution in [0.3, 0.4) is 0 Å². The maximum atomic E-state index is 12.3. The van der Waals surface area contributed by atoms with Crippen LogP contribution in [0.2, 0.25) is 0 Å². The molecule has 0 aliphatic carbocycles. The summed E-state index contributed by atoms with van der Waals surface area (Å²) >= 11 is 3.41. The number of aromatic nitrogens is 1. The van der Waals surface area contributed by atoms with Gasteiger partial charge in [0.2, 0.25) is 0 Å². The Bertz CT molecular complexity index is 707. The Morgan fingerprint density at radius 3 is 2.75 bits per heavy atom. The third-order valence-electron chi connectivity index (χ3n) is 3.09. The SMILES string of the molecule is CCn1cc(NC(=O)c2cccc(Br)c2C)ccc1=O. The fourth-order valence-corrected chi connectivity index (χ4v) is 2.27. The number of nitrogens with one attached hydrogen (secondary N) is 1. The van der Waals surface area contributed by atoms with Gasteiger partial charge < -0.3 is 9.88 Å². The maximum Gasteiger partial charge on any atom is 0.256 e. The summed E-state index contributed by atoms with van der Waals surface area (Å²) in [4.78, 5) is 23.8. The van der Waals surface area contributed by atoms with E-state index in [0.717, 1.165) is 10.0 Å². The molecule has 0 atom stereocenters. The number of nitrogens with zero attached hydrogens (tertiary/aromatic N) is 1. The summed E-state index contributed by atoms with van der Waals surface area (Å²) in [7, 11) is 0. The van der Waals surface area contributed by atoms with Crippen LogP contribution in [0.1, 0.15) is 22.8 Å². The lowest BCUT2D eigenvalue weighted by molar-refractivity contribution is 0.102. The topological polar surface area (TPSA) is 51.1 Å². The van der Waals surface area contributed by atoms with Crippen LogP contribution in [0, 0.1) is 6.92 Å². The molecule has 1 aromatic carbocycles. The van der Waals surface area contributed by atoms with Gasteiger partial charge in [-0.2, -0.15) is 0 Å². The van der Waals surface area contributed by atoms with Crippen molar-refractivity contribution in [2.75, 3.05) is 5.32 Å². The van der Waals surface area contributed by atoms with E-state index in [1.54, 1.807) is 22.9 Å². The number of benzene rings is 1. The van der Waals surface area contributed by atoms with E-state index in [4.69, 9.17) is 0 Å². The van der Waals surface area contributed by atoms with Gasteiger partial charge >= 0.3 is 0 Å². The lowest BCUT2D eigenvalue weighted by Gasteiger charge is -2.10. The zero-order valence-corrected chi connectivity index (χ0v) is 12.9. The van der Waals surface area contributed by atoms with Crippen molar-refractivity contribution >= 4 is 27.5 Å². The molecule has 20 heavy (non-hydrogen) atoms. The predicted molar refractivity (Wildman–Crippen MR) is 83.2 cm³/mol. The van der Waals surface area contributed by atoms with Crippen molar-refractivity contribution in [2.24, 2.45) is 0 Å². The van der Waals surface area contributed by atoms with Crippen molar-refractivity contribution < 1.29 is 4.79 Å². The summed E-state index contributed by atoms with van der Waals surface area (Å²) in [6.45, 7) is 4.33. The second-order valence-corrected chi connectivity index (χ2v) is 5.26. The van der Waals surface area contributed by atoms with Gasteiger partial charge in [0.15, 0.2) is 0 Å². The number of anilines is 1. The van der Waals surface area contributed by atoms with Gasteiger partial charge in [0.25, 0.3) is 11.5 Å². The molecule has 0 spiro atoms. The van der Waals surface area contributed by atoms with Gasteiger partial charge in [0, 0.05) is 28.8 Å². The normalized spacial score (nSPS) is 10.3. The Morgan fingerprint density at radius 2 is 2.05 bits per heavy atom. The molecule has 5 heteroatoms. The molecule has 0 saturated heterocycles. The summed E-state index contributed by atoms with van der Waals surface area (Å²) in [5.74, 6) is -0.190. The van der Waals surface area contributed by atoms with Gasteiger partial charge in [-0.25, -0.2) is 0 Å². The highest BCUT2D eigenvalue weighted by Gasteiger charge is 2.11. The number of carbonyl (C=O) groups is 1. The number of amides is 1. The largest absolute Gasteiger partial charge is 0.321 e. The van der Waals surface area contributed by atoms with Crippen LogP contribution in [0.5, 0.6) is 0 Å². The molecule has 0 bridgehead atoms. The lowest BCUT2D eigenvalue weighted by Crippen LogP contribution is -2.20. The lowest BCUT2D eigenvalue weighted by atomic mass is 10.1. The highest BCUT2D eigenvalue weighted by Crippen LogP contribution is 2.20. The van der Waals surface area contributed by atoms with Crippen LogP contribution in [0.15, 0.2) is 45.8 Å². The number of aryl methyl sites for hydroxylation is 1. The first kappa shape index (κ1) is 14.5. The molecule has 1 heterocycles. The van der Waals surface area contributed by atoms with Crippen LogP contribution in [-0.4, -0.2) is 10.5 Å². The molecule has 4 nitrogen and oxygen atoms in total. The Labute approximate surface area is 125 Å². The van der Waals surface area contributed by atoms with E-state index in [0.29, 0.717) is 17.8 Å². The average molecular weight is 335 g/mol. The standard InChI is InChI=1S/C15H15BrN2O2/c1-3-18-9-11(7-8-14(18)19)17-15(20)12-5-4-6-13(16)10(12)2/h4-9H,3H2,1-2H3,(H,17,20). The Balaban J connectivity index is 2.28. The minimum atomic E-state index is -0.190. The van der Waals surface area contributed by atoms with E-state index in [2.05, 4.69) is 21.2 Å². The molecular weight excluding hydrogens is 320 g/mol. The zero-order chi connectivity index (χ0) is 14.7. The van der Waals surface area contributed by atoms with Crippen molar-refractivity contribution in [3.63, 3.8) is 0 Å². The molecule has 1 amide bonds. The number of halogens is 1. The number of hydrogen-bond donors (Lipinski definition) is 1. The third kappa shape index (κ3) is 2.99. The number of hydrogen-bond acceptors (Lipinski definition) is 2. The molecule has 0 radical (unpaired) electrons. The van der Waals surface area contributed by atoms with Gasteiger partial charge in [-0.15, -0.1) is 0 Å². The van der Waals surface area contributed by atoms with Crippen LogP contribution in [0.4, 0.5) is 5.69 Å². The zero-order valence-electron chi connectivity index (χ0n) is 11.3. The van der Waals surface area contributed by atoms with Gasteiger partial charge in [-0.3, -0.25) is 9.59 Å². The Kier molecular flexibility index (Phi) is 4.39. The van der Waals surface area contributed by atoms with E-state index in [9.17, 15) is 9.59 Å². The molecule has 2 rings (SSSR count). The summed E-state index contributed by atoms with van der Waals surface area (Å²) in [6.07, 6.45) is 1.65. The number of pyridine rings is 1. The first-order valence-electron chi connectivity index (χ1n) is 6.30. The molecule has 2 aromatic rings. The van der Waals surface area contributed by atoms with Crippen molar-refractivity contribution in [3.05, 3.63) is 62.5 Å². The molecular formula is C15H15BrN2O2. The Morgan fingerprint density at radius 1 is 1.30 bits per heavy atom. The van der Waals surface area contributed by atoms with Crippen LogP contribution >= 0.6 is 15.9 Å². The van der Waals surface area contributed by atoms with Gasteiger partial charge in [-0.1, -0.05) is 22.0 Å². The molecule has 104 valence electrons. The maximum absolute atomic E-state index is 12.3. The van der Waals surface area contributed by atoms with E-state index in [1.165, 1.54) is 6.07 Å². The van der Waals surface area contributed by atoms with Crippen molar-refractivity contribution in [3.8, 4) is 0 Å². The second-order valence-electron chi connectivity index (χ2n) is 4.41. The molecule has 1 N–H and O–H groups in total.